The van der Waals surface area contributed by atoms with Gasteiger partial charge in [-0.15, -0.1) is 0 Å². The van der Waals surface area contributed by atoms with Crippen molar-refractivity contribution in [2.75, 3.05) is 40.1 Å². The molecule has 0 spiro atoms. The first-order valence-corrected chi connectivity index (χ1v) is 8.70. The van der Waals surface area contributed by atoms with Crippen LogP contribution in [0.3, 0.4) is 0 Å². The molecule has 0 fully saturated rings. The Hall–Kier alpha value is -1.80. The molecule has 9 heteroatoms. The normalized spacial score (nSPS) is 13.9. The second-order valence-corrected chi connectivity index (χ2v) is 7.45. The van der Waals surface area contributed by atoms with Crippen LogP contribution in [0.5, 0.6) is 0 Å². The van der Waals surface area contributed by atoms with Crippen molar-refractivity contribution in [1.29, 1.82) is 0 Å². The average molecular weight is 429 g/mol. The predicted octanol–water partition coefficient (Wildman–Crippen LogP) is 0.851. The van der Waals surface area contributed by atoms with E-state index in [-0.39, 0.29) is 5.69 Å². The molecule has 0 bridgehead atoms. The maximum atomic E-state index is 6.24. The lowest BCUT2D eigenvalue weighted by Crippen LogP contribution is -2.21. The van der Waals surface area contributed by atoms with Gasteiger partial charge in [-0.25, -0.2) is 0 Å². The van der Waals surface area contributed by atoms with Gasteiger partial charge in [0, 0.05) is 16.4 Å². The third kappa shape index (κ3) is 1.77. The van der Waals surface area contributed by atoms with Crippen LogP contribution in [-0.2, 0) is 6.16 Å². The Kier molecular flexibility index (Phi) is 3.33. The topological polar surface area (TPSA) is 182 Å². The van der Waals surface area contributed by atoms with Gasteiger partial charge in [0.1, 0.15) is 0 Å². The molecule has 1 atom stereocenters. The van der Waals surface area contributed by atoms with Gasteiger partial charge in [0.05, 0.1) is 43.4 Å². The van der Waals surface area contributed by atoms with Crippen LogP contribution in [0.1, 0.15) is 5.56 Å². The molecule has 0 aliphatic carbocycles. The van der Waals surface area contributed by atoms with Crippen molar-refractivity contribution in [3.05, 3.63) is 9.13 Å². The lowest BCUT2D eigenvalue weighted by atomic mass is 9.92. The molecule has 3 rings (SSSR count). The van der Waals surface area contributed by atoms with E-state index in [1.165, 1.54) is 0 Å². The summed E-state index contributed by atoms with van der Waals surface area (Å²) >= 11 is 2.10. The number of fused-ring (bicyclic) bond motifs is 3. The predicted molar refractivity (Wildman–Crippen MR) is 107 cm³/mol. The quantitative estimate of drug-likeness (QED) is 0.184. The SMILES string of the molecule is Nc1c(N)c(N)c2c(c1N)PCc1c(N)c(I)c(N)c(N)c1-2. The Morgan fingerprint density at radius 3 is 1.82 bits per heavy atom. The molecule has 116 valence electrons. The molecule has 14 N–H and O–H groups in total. The number of benzene rings is 2. The van der Waals surface area contributed by atoms with Gasteiger partial charge in [-0.2, -0.15) is 0 Å². The highest BCUT2D eigenvalue weighted by atomic mass is 127. The number of halogens is 1. The molecule has 2 aromatic carbocycles. The average Bonchev–Trinajstić information content (AvgIpc) is 2.52. The second-order valence-electron chi connectivity index (χ2n) is 5.17. The summed E-state index contributed by atoms with van der Waals surface area (Å²) < 4.78 is 0.761. The van der Waals surface area contributed by atoms with Crippen LogP contribution >= 0.6 is 31.2 Å². The fourth-order valence-electron chi connectivity index (χ4n) is 2.75. The Morgan fingerprint density at radius 1 is 0.636 bits per heavy atom. The minimum atomic E-state index is 0.268. The van der Waals surface area contributed by atoms with E-state index in [1.54, 1.807) is 0 Å². The Labute approximate surface area is 142 Å². The first kappa shape index (κ1) is 15.1. The molecule has 1 aliphatic rings. The second kappa shape index (κ2) is 4.85. The van der Waals surface area contributed by atoms with Crippen molar-refractivity contribution in [3.63, 3.8) is 0 Å². The summed E-state index contributed by atoms with van der Waals surface area (Å²) in [6, 6.07) is 0. The highest BCUT2D eigenvalue weighted by Crippen LogP contribution is 2.52. The molecule has 7 nitrogen and oxygen atoms in total. The smallest absolute Gasteiger partial charge is 0.0809 e. The van der Waals surface area contributed by atoms with Crippen LogP contribution in [0, 0.1) is 3.57 Å². The van der Waals surface area contributed by atoms with Crippen molar-refractivity contribution in [1.82, 2.24) is 0 Å². The maximum absolute atomic E-state index is 6.24. The number of hydrogen-bond donors (Lipinski definition) is 7. The zero-order valence-corrected chi connectivity index (χ0v) is 14.8. The molecule has 1 aliphatic heterocycles. The van der Waals surface area contributed by atoms with E-state index in [0.717, 1.165) is 31.7 Å². The Bertz CT molecular complexity index is 765. The summed E-state index contributed by atoms with van der Waals surface area (Å²) in [4.78, 5) is 0. The highest BCUT2D eigenvalue weighted by Gasteiger charge is 2.29. The van der Waals surface area contributed by atoms with Crippen LogP contribution in [0.15, 0.2) is 0 Å². The lowest BCUT2D eigenvalue weighted by molar-refractivity contribution is 1.38. The summed E-state index contributed by atoms with van der Waals surface area (Å²) in [6.07, 6.45) is 0.724. The largest absolute Gasteiger partial charge is 0.398 e. The van der Waals surface area contributed by atoms with Gasteiger partial charge in [0.2, 0.25) is 0 Å². The molecular formula is C13H17IN7P. The summed E-state index contributed by atoms with van der Waals surface area (Å²) in [5, 5.41) is 0.878. The zero-order chi connectivity index (χ0) is 16.3. The number of hydrogen-bond acceptors (Lipinski definition) is 7. The molecule has 1 unspecified atom stereocenters. The van der Waals surface area contributed by atoms with Crippen molar-refractivity contribution in [3.8, 4) is 11.1 Å². The number of nitrogens with two attached hydrogens (primary N) is 7. The van der Waals surface area contributed by atoms with Crippen molar-refractivity contribution in [2.45, 2.75) is 6.16 Å². The van der Waals surface area contributed by atoms with Crippen molar-refractivity contribution < 1.29 is 0 Å². The minimum absolute atomic E-state index is 0.268. The van der Waals surface area contributed by atoms with Crippen LogP contribution in [0.25, 0.3) is 11.1 Å². The van der Waals surface area contributed by atoms with E-state index in [9.17, 15) is 0 Å². The van der Waals surface area contributed by atoms with E-state index in [1.807, 2.05) is 0 Å². The van der Waals surface area contributed by atoms with E-state index >= 15 is 0 Å². The number of anilines is 7. The van der Waals surface area contributed by atoms with E-state index < -0.39 is 0 Å². The van der Waals surface area contributed by atoms with Gasteiger partial charge in [-0.3, -0.25) is 0 Å². The van der Waals surface area contributed by atoms with Crippen LogP contribution in [-0.4, -0.2) is 0 Å². The summed E-state index contributed by atoms with van der Waals surface area (Å²) in [5.41, 5.74) is 48.2. The molecule has 1 heterocycles. The first-order chi connectivity index (χ1) is 10.3. The van der Waals surface area contributed by atoms with Crippen LogP contribution in [0.2, 0.25) is 0 Å². The van der Waals surface area contributed by atoms with Crippen molar-refractivity contribution >= 4 is 76.3 Å². The number of rotatable bonds is 0. The van der Waals surface area contributed by atoms with E-state index in [4.69, 9.17) is 40.1 Å². The van der Waals surface area contributed by atoms with Gasteiger partial charge in [-0.05, 0) is 34.3 Å². The first-order valence-electron chi connectivity index (χ1n) is 6.42. The van der Waals surface area contributed by atoms with Gasteiger partial charge in [-0.1, -0.05) is 8.58 Å². The van der Waals surface area contributed by atoms with Crippen LogP contribution in [0.4, 0.5) is 39.8 Å². The van der Waals surface area contributed by atoms with E-state index in [2.05, 4.69) is 22.6 Å². The summed E-state index contributed by atoms with van der Waals surface area (Å²) in [7, 11) is 0.393. The fourth-order valence-corrected chi connectivity index (χ4v) is 4.84. The van der Waals surface area contributed by atoms with Gasteiger partial charge < -0.3 is 40.1 Å². The Morgan fingerprint density at radius 2 is 1.18 bits per heavy atom. The van der Waals surface area contributed by atoms with Gasteiger partial charge in [0.25, 0.3) is 0 Å². The molecule has 0 saturated carbocycles. The molecular weight excluding hydrogens is 412 g/mol. The van der Waals surface area contributed by atoms with Crippen LogP contribution < -0.4 is 45.4 Å². The molecule has 0 amide bonds. The summed E-state index contributed by atoms with van der Waals surface area (Å²) in [6.45, 7) is 0. The molecule has 2 aromatic rings. The monoisotopic (exact) mass is 429 g/mol. The molecule has 22 heavy (non-hydrogen) atoms. The lowest BCUT2D eigenvalue weighted by Gasteiger charge is -2.28. The zero-order valence-electron chi connectivity index (χ0n) is 11.6. The summed E-state index contributed by atoms with van der Waals surface area (Å²) in [5.74, 6) is 0. The molecule has 0 radical (unpaired) electrons. The standard InChI is InChI=1S/C13H17IN7P/c14-5-6(15)2-1-22-13-4(3(2)7(16)9(5)18)8(17)10(19)11(20)12(13)21/h22H,1,15-21H2. The van der Waals surface area contributed by atoms with Gasteiger partial charge in [0.15, 0.2) is 0 Å². The minimum Gasteiger partial charge on any atom is -0.398 e. The van der Waals surface area contributed by atoms with E-state index in [0.29, 0.717) is 42.7 Å². The van der Waals surface area contributed by atoms with Crippen molar-refractivity contribution in [2.24, 2.45) is 0 Å². The van der Waals surface area contributed by atoms with Gasteiger partial charge >= 0.3 is 0 Å². The molecule has 0 saturated heterocycles. The third-order valence-electron chi connectivity index (χ3n) is 4.01. The maximum Gasteiger partial charge on any atom is 0.0809 e. The Balaban J connectivity index is 2.51. The number of nitrogen functional groups attached to an aromatic ring is 7. The fraction of sp³-hybridized carbons (Fsp3) is 0.0769. The third-order valence-corrected chi connectivity index (χ3v) is 6.58. The molecule has 0 aromatic heterocycles. The highest BCUT2D eigenvalue weighted by molar-refractivity contribution is 14.1.